The van der Waals surface area contributed by atoms with Crippen LogP contribution in [0, 0.1) is 21.3 Å². The number of phenols is 1. The van der Waals surface area contributed by atoms with Crippen LogP contribution in [0.25, 0.3) is 0 Å². The maximum atomic E-state index is 13.7. The summed E-state index contributed by atoms with van der Waals surface area (Å²) in [4.78, 5) is 66.0. The van der Waals surface area contributed by atoms with Crippen LogP contribution in [0.2, 0.25) is 0 Å². The molecule has 1 fully saturated rings. The number of imide groups is 1. The Labute approximate surface area is 245 Å². The third-order valence-corrected chi connectivity index (χ3v) is 9.35. The first-order chi connectivity index (χ1) is 19.0. The number of aliphatic carboxylic acids is 1. The molecule has 210 valence electrons. The zero-order valence-corrected chi connectivity index (χ0v) is 24.4. The fourth-order valence-corrected chi connectivity index (χ4v) is 7.31. The number of ketones is 2. The Morgan fingerprint density at radius 1 is 1.10 bits per heavy atom. The quantitative estimate of drug-likeness (QED) is 0.140. The van der Waals surface area contributed by atoms with Crippen LogP contribution in [-0.4, -0.2) is 58.1 Å². The fourth-order valence-electron chi connectivity index (χ4n) is 6.69. The van der Waals surface area contributed by atoms with Crippen molar-refractivity contribution in [2.75, 3.05) is 13.7 Å². The van der Waals surface area contributed by atoms with E-state index in [0.717, 1.165) is 5.57 Å². The number of unbranched alkanes of at least 4 members (excludes halogenated alkanes) is 2. The van der Waals surface area contributed by atoms with Crippen molar-refractivity contribution in [2.24, 2.45) is 17.8 Å². The molecule has 0 radical (unpaired) electrons. The predicted molar refractivity (Wildman–Crippen MR) is 152 cm³/mol. The Kier molecular flexibility index (Phi) is 7.73. The molecule has 2 amide bonds. The van der Waals surface area contributed by atoms with Gasteiger partial charge in [-0.15, -0.1) is 0 Å². The molecule has 0 unspecified atom stereocenters. The maximum Gasteiger partial charge on any atom is 0.303 e. The standard InChI is InChI=1S/C30H30INO8/c1-14-10-21(33)26-19(27(14)36)13-18-16(24(26)15-11-20(31)28(37)22(12-15)40-2)7-8-17-25(18)30(39)32(29(17)38)9-5-3-4-6-23(34)35/h7,10-12,17-18,24-25,37H,3-6,8-9,13H2,1-2H3,(H,34,35)/t17-,18+,24-,25-/m0/s1. The Morgan fingerprint density at radius 3 is 2.55 bits per heavy atom. The van der Waals surface area contributed by atoms with E-state index in [2.05, 4.69) is 0 Å². The van der Waals surface area contributed by atoms with Gasteiger partial charge < -0.3 is 14.9 Å². The average Bonchev–Trinajstić information content (AvgIpc) is 3.16. The highest BCUT2D eigenvalue weighted by Crippen LogP contribution is 2.55. The molecule has 0 spiro atoms. The number of hydrogen-bond donors (Lipinski definition) is 2. The summed E-state index contributed by atoms with van der Waals surface area (Å²) in [6.07, 6.45) is 5.50. The van der Waals surface area contributed by atoms with Gasteiger partial charge >= 0.3 is 5.97 Å². The fraction of sp³-hybridized carbons (Fsp3) is 0.433. The number of ether oxygens (including phenoxy) is 1. The van der Waals surface area contributed by atoms with Gasteiger partial charge in [0.2, 0.25) is 11.8 Å². The van der Waals surface area contributed by atoms with Gasteiger partial charge in [-0.1, -0.05) is 18.1 Å². The number of carbonyl (C=O) groups excluding carboxylic acids is 4. The van der Waals surface area contributed by atoms with Crippen molar-refractivity contribution in [3.8, 4) is 11.5 Å². The minimum absolute atomic E-state index is 0.0246. The highest BCUT2D eigenvalue weighted by atomic mass is 127. The Hall–Kier alpha value is -3.28. The zero-order chi connectivity index (χ0) is 28.9. The molecule has 1 aliphatic heterocycles. The molecule has 0 aromatic heterocycles. The number of likely N-dealkylation sites (tertiary alicyclic amines) is 1. The minimum atomic E-state index is -0.875. The molecule has 1 heterocycles. The molecule has 1 aromatic carbocycles. The van der Waals surface area contributed by atoms with Gasteiger partial charge in [0.15, 0.2) is 23.1 Å². The van der Waals surface area contributed by atoms with Crippen LogP contribution in [0.3, 0.4) is 0 Å². The number of amides is 2. The number of hydrogen-bond acceptors (Lipinski definition) is 7. The third-order valence-electron chi connectivity index (χ3n) is 8.53. The van der Waals surface area contributed by atoms with Gasteiger partial charge in [0.1, 0.15) is 0 Å². The van der Waals surface area contributed by atoms with Crippen molar-refractivity contribution in [3.05, 3.63) is 55.7 Å². The highest BCUT2D eigenvalue weighted by molar-refractivity contribution is 14.1. The molecule has 1 saturated heterocycles. The van der Waals surface area contributed by atoms with Crippen molar-refractivity contribution in [1.29, 1.82) is 0 Å². The van der Waals surface area contributed by atoms with Crippen LogP contribution < -0.4 is 4.74 Å². The number of carbonyl (C=O) groups is 5. The molecule has 4 atom stereocenters. The van der Waals surface area contributed by atoms with E-state index in [1.165, 1.54) is 18.1 Å². The van der Waals surface area contributed by atoms with E-state index in [9.17, 15) is 29.1 Å². The van der Waals surface area contributed by atoms with E-state index in [4.69, 9.17) is 9.84 Å². The van der Waals surface area contributed by atoms with Gasteiger partial charge in [0.05, 0.1) is 22.5 Å². The minimum Gasteiger partial charge on any atom is -0.504 e. The molecule has 1 aromatic rings. The van der Waals surface area contributed by atoms with Gasteiger partial charge in [-0.3, -0.25) is 28.9 Å². The normalized spacial score (nSPS) is 25.8. The summed E-state index contributed by atoms with van der Waals surface area (Å²) in [5.41, 5.74) is 2.61. The summed E-state index contributed by atoms with van der Waals surface area (Å²) in [5.74, 6) is -3.88. The van der Waals surface area contributed by atoms with Gasteiger partial charge in [-0.25, -0.2) is 0 Å². The van der Waals surface area contributed by atoms with Crippen LogP contribution >= 0.6 is 22.6 Å². The molecule has 10 heteroatoms. The number of fused-ring (bicyclic) bond motifs is 3. The largest absolute Gasteiger partial charge is 0.504 e. The second-order valence-electron chi connectivity index (χ2n) is 10.8. The molecule has 9 nitrogen and oxygen atoms in total. The van der Waals surface area contributed by atoms with Crippen molar-refractivity contribution in [1.82, 2.24) is 4.90 Å². The Balaban J connectivity index is 1.53. The lowest BCUT2D eigenvalue weighted by atomic mass is 9.59. The number of allylic oxidation sites excluding steroid dienone is 6. The zero-order valence-electron chi connectivity index (χ0n) is 22.2. The van der Waals surface area contributed by atoms with Crippen molar-refractivity contribution < 1.29 is 38.9 Å². The van der Waals surface area contributed by atoms with Crippen LogP contribution in [0.1, 0.15) is 56.9 Å². The molecule has 5 rings (SSSR count). The molecule has 3 aliphatic carbocycles. The first-order valence-corrected chi connectivity index (χ1v) is 14.5. The van der Waals surface area contributed by atoms with Crippen molar-refractivity contribution in [2.45, 2.75) is 51.4 Å². The summed E-state index contributed by atoms with van der Waals surface area (Å²) in [7, 11) is 1.44. The number of Topliss-reactive ketones (excluding diaryl/α,β-unsaturated/α-hetero) is 1. The number of rotatable bonds is 8. The molecule has 40 heavy (non-hydrogen) atoms. The Morgan fingerprint density at radius 2 is 1.85 bits per heavy atom. The monoisotopic (exact) mass is 659 g/mol. The summed E-state index contributed by atoms with van der Waals surface area (Å²) in [5, 5.41) is 19.3. The second-order valence-corrected chi connectivity index (χ2v) is 12.0. The second kappa shape index (κ2) is 10.9. The number of phenolic OH excluding ortho intramolecular Hbond substituents is 1. The lowest BCUT2D eigenvalue weighted by molar-refractivity contribution is -0.141. The third kappa shape index (κ3) is 4.69. The number of benzene rings is 1. The van der Waals surface area contributed by atoms with Crippen LogP contribution in [0.5, 0.6) is 11.5 Å². The number of methoxy groups -OCH3 is 1. The van der Waals surface area contributed by atoms with Crippen molar-refractivity contribution in [3.63, 3.8) is 0 Å². The summed E-state index contributed by atoms with van der Waals surface area (Å²) in [6, 6.07) is 3.42. The summed E-state index contributed by atoms with van der Waals surface area (Å²) >= 11 is 1.99. The molecular formula is C30H30INO8. The van der Waals surface area contributed by atoms with E-state index >= 15 is 0 Å². The topological polar surface area (TPSA) is 138 Å². The van der Waals surface area contributed by atoms with Crippen LogP contribution in [0.15, 0.2) is 46.6 Å². The number of nitrogens with zero attached hydrogens (tertiary/aromatic N) is 1. The first kappa shape index (κ1) is 28.3. The van der Waals surface area contributed by atoms with E-state index in [-0.39, 0.29) is 54.3 Å². The molecule has 0 bridgehead atoms. The highest BCUT2D eigenvalue weighted by Gasteiger charge is 2.56. The lowest BCUT2D eigenvalue weighted by Crippen LogP contribution is -2.39. The number of aromatic hydroxyl groups is 1. The van der Waals surface area contributed by atoms with Gasteiger partial charge in [0.25, 0.3) is 0 Å². The molecular weight excluding hydrogens is 629 g/mol. The summed E-state index contributed by atoms with van der Waals surface area (Å²) in [6.45, 7) is 1.84. The SMILES string of the molecule is COc1cc([C@H]2C3=CC[C@@H]4C(=O)N(CCCCCC(=O)O)C(=O)[C@@H]4[C@@H]3CC3=C2C(=O)C=C(C)C3=O)cc(I)c1O. The number of halogens is 1. The maximum absolute atomic E-state index is 13.7. The molecule has 4 aliphatic rings. The number of carboxylic acid groups (broad SMARTS) is 1. The predicted octanol–water partition coefficient (Wildman–Crippen LogP) is 4.08. The van der Waals surface area contributed by atoms with E-state index < -0.39 is 29.6 Å². The Bertz CT molecular complexity index is 1440. The lowest BCUT2D eigenvalue weighted by Gasteiger charge is -2.42. The van der Waals surface area contributed by atoms with Crippen molar-refractivity contribution >= 4 is 51.9 Å². The number of carboxylic acids is 1. The average molecular weight is 659 g/mol. The van der Waals surface area contributed by atoms with Gasteiger partial charge in [-0.2, -0.15) is 0 Å². The van der Waals surface area contributed by atoms with Crippen LogP contribution in [0.4, 0.5) is 0 Å². The van der Waals surface area contributed by atoms with E-state index in [0.29, 0.717) is 51.5 Å². The van der Waals surface area contributed by atoms with Gasteiger partial charge in [0, 0.05) is 35.6 Å². The van der Waals surface area contributed by atoms with E-state index in [1.54, 1.807) is 19.1 Å². The molecule has 0 saturated carbocycles. The molecule has 2 N–H and O–H groups in total. The van der Waals surface area contributed by atoms with Gasteiger partial charge in [-0.05, 0) is 84.9 Å². The van der Waals surface area contributed by atoms with E-state index in [1.807, 2.05) is 28.7 Å². The first-order valence-electron chi connectivity index (χ1n) is 13.4. The smallest absolute Gasteiger partial charge is 0.303 e. The van der Waals surface area contributed by atoms with Crippen LogP contribution in [-0.2, 0) is 24.0 Å². The summed E-state index contributed by atoms with van der Waals surface area (Å²) < 4.78 is 5.91.